The van der Waals surface area contributed by atoms with Crippen LogP contribution in [0.5, 0.6) is 0 Å². The van der Waals surface area contributed by atoms with Crippen molar-refractivity contribution in [1.82, 2.24) is 4.98 Å². The van der Waals surface area contributed by atoms with Crippen LogP contribution >= 0.6 is 0 Å². The second-order valence-electron chi connectivity index (χ2n) is 3.90. The van der Waals surface area contributed by atoms with Crippen LogP contribution in [0.15, 0.2) is 18.3 Å². The maximum Gasteiger partial charge on any atom is 0.416 e. The van der Waals surface area contributed by atoms with Gasteiger partial charge in [0, 0.05) is 23.9 Å². The predicted octanol–water partition coefficient (Wildman–Crippen LogP) is 2.31. The number of pyridine rings is 1. The number of alkyl halides is 3. The number of nitrogens with zero attached hydrogens (tertiary/aromatic N) is 1. The topological polar surface area (TPSA) is 38.9 Å². The first-order valence-corrected chi connectivity index (χ1v) is 4.75. The highest BCUT2D eigenvalue weighted by Gasteiger charge is 2.33. The molecule has 0 atom stereocenters. The van der Waals surface area contributed by atoms with Crippen molar-refractivity contribution in [3.63, 3.8) is 0 Å². The Labute approximate surface area is 85.3 Å². The van der Waals surface area contributed by atoms with Gasteiger partial charge < -0.3 is 5.73 Å². The summed E-state index contributed by atoms with van der Waals surface area (Å²) in [6.45, 7) is 0. The lowest BCUT2D eigenvalue weighted by atomic mass is 9.78. The molecule has 2 rings (SSSR count). The summed E-state index contributed by atoms with van der Waals surface area (Å²) in [6.07, 6.45) is -1.62. The van der Waals surface area contributed by atoms with E-state index in [1.165, 1.54) is 6.20 Å². The van der Waals surface area contributed by atoms with E-state index in [9.17, 15) is 13.2 Å². The van der Waals surface area contributed by atoms with E-state index in [1.807, 2.05) is 0 Å². The van der Waals surface area contributed by atoms with Crippen molar-refractivity contribution in [3.8, 4) is 0 Å². The number of hydrogen-bond donors (Lipinski definition) is 1. The smallest absolute Gasteiger partial charge is 0.328 e. The van der Waals surface area contributed by atoms with Gasteiger partial charge >= 0.3 is 6.18 Å². The minimum atomic E-state index is -4.29. The predicted molar refractivity (Wildman–Crippen MR) is 49.2 cm³/mol. The van der Waals surface area contributed by atoms with Crippen molar-refractivity contribution in [2.75, 3.05) is 0 Å². The van der Waals surface area contributed by atoms with Crippen LogP contribution in [0.4, 0.5) is 13.2 Å². The van der Waals surface area contributed by atoms with Gasteiger partial charge in [-0.15, -0.1) is 0 Å². The van der Waals surface area contributed by atoms with Gasteiger partial charge in [0.1, 0.15) is 0 Å². The number of hydrogen-bond acceptors (Lipinski definition) is 2. The third-order valence-electron chi connectivity index (χ3n) is 2.70. The summed E-state index contributed by atoms with van der Waals surface area (Å²) in [5.41, 5.74) is 5.45. The van der Waals surface area contributed by atoms with E-state index >= 15 is 0 Å². The molecule has 1 aromatic heterocycles. The maximum absolute atomic E-state index is 12.4. The van der Waals surface area contributed by atoms with Gasteiger partial charge in [0.25, 0.3) is 0 Å². The first-order valence-electron chi connectivity index (χ1n) is 4.75. The highest BCUT2D eigenvalue weighted by atomic mass is 19.4. The second kappa shape index (κ2) is 3.48. The van der Waals surface area contributed by atoms with Crippen LogP contribution in [0.3, 0.4) is 0 Å². The zero-order valence-electron chi connectivity index (χ0n) is 7.96. The third kappa shape index (κ3) is 2.12. The van der Waals surface area contributed by atoms with E-state index in [2.05, 4.69) is 4.98 Å². The Morgan fingerprint density at radius 1 is 1.33 bits per heavy atom. The largest absolute Gasteiger partial charge is 0.416 e. The molecule has 1 fully saturated rings. The Morgan fingerprint density at radius 3 is 2.53 bits per heavy atom. The molecule has 15 heavy (non-hydrogen) atoms. The Hall–Kier alpha value is -1.10. The van der Waals surface area contributed by atoms with E-state index in [1.54, 1.807) is 0 Å². The maximum atomic E-state index is 12.4. The summed E-state index contributed by atoms with van der Waals surface area (Å²) in [5, 5.41) is 0. The van der Waals surface area contributed by atoms with Crippen LogP contribution in [0.1, 0.15) is 30.0 Å². The lowest BCUT2D eigenvalue weighted by molar-refractivity contribution is -0.137. The monoisotopic (exact) mass is 216 g/mol. The Balaban J connectivity index is 2.20. The SMILES string of the molecule is NC1CC(c2cc(C(F)(F)F)ccn2)C1. The molecule has 1 aliphatic rings. The first kappa shape index (κ1) is 10.4. The zero-order valence-corrected chi connectivity index (χ0v) is 7.96. The fourth-order valence-corrected chi connectivity index (χ4v) is 1.75. The molecule has 0 spiro atoms. The highest BCUT2D eigenvalue weighted by molar-refractivity contribution is 5.23. The highest BCUT2D eigenvalue weighted by Crippen LogP contribution is 2.37. The molecule has 0 bridgehead atoms. The van der Waals surface area contributed by atoms with Crippen molar-refractivity contribution in [1.29, 1.82) is 0 Å². The number of nitrogens with two attached hydrogens (primary N) is 1. The van der Waals surface area contributed by atoms with Gasteiger partial charge in [-0.2, -0.15) is 13.2 Å². The number of halogens is 3. The van der Waals surface area contributed by atoms with Crippen LogP contribution < -0.4 is 5.73 Å². The molecular formula is C10H11F3N2. The Morgan fingerprint density at radius 2 is 2.00 bits per heavy atom. The molecule has 2 nitrogen and oxygen atoms in total. The van der Waals surface area contributed by atoms with Gasteiger partial charge in [-0.1, -0.05) is 0 Å². The van der Waals surface area contributed by atoms with Crippen molar-refractivity contribution in [2.45, 2.75) is 31.0 Å². The summed E-state index contributed by atoms with van der Waals surface area (Å²) >= 11 is 0. The number of aromatic nitrogens is 1. The molecule has 2 N–H and O–H groups in total. The molecule has 0 saturated heterocycles. The molecule has 1 aliphatic carbocycles. The van der Waals surface area contributed by atoms with Crippen LogP contribution in [0.2, 0.25) is 0 Å². The van der Waals surface area contributed by atoms with Gasteiger partial charge in [-0.3, -0.25) is 4.98 Å². The minimum absolute atomic E-state index is 0.0994. The van der Waals surface area contributed by atoms with Crippen molar-refractivity contribution in [2.24, 2.45) is 5.73 Å². The third-order valence-corrected chi connectivity index (χ3v) is 2.70. The lowest BCUT2D eigenvalue weighted by Crippen LogP contribution is -2.35. The van der Waals surface area contributed by atoms with Crippen molar-refractivity contribution >= 4 is 0 Å². The molecule has 82 valence electrons. The molecule has 0 aromatic carbocycles. The van der Waals surface area contributed by atoms with Gasteiger partial charge in [-0.05, 0) is 25.0 Å². The molecule has 5 heteroatoms. The second-order valence-corrected chi connectivity index (χ2v) is 3.90. The van der Waals surface area contributed by atoms with E-state index in [0.717, 1.165) is 25.0 Å². The molecular weight excluding hydrogens is 205 g/mol. The minimum Gasteiger partial charge on any atom is -0.328 e. The number of rotatable bonds is 1. The van der Waals surface area contributed by atoms with Gasteiger partial charge in [0.05, 0.1) is 5.56 Å². The molecule has 0 unspecified atom stereocenters. The Kier molecular flexibility index (Phi) is 2.42. The average Bonchev–Trinajstić information content (AvgIpc) is 2.12. The summed E-state index contributed by atoms with van der Waals surface area (Å²) in [7, 11) is 0. The fourth-order valence-electron chi connectivity index (χ4n) is 1.75. The van der Waals surface area contributed by atoms with Crippen LogP contribution in [-0.4, -0.2) is 11.0 Å². The van der Waals surface area contributed by atoms with Gasteiger partial charge in [-0.25, -0.2) is 0 Å². The van der Waals surface area contributed by atoms with E-state index in [-0.39, 0.29) is 12.0 Å². The van der Waals surface area contributed by atoms with Crippen molar-refractivity contribution < 1.29 is 13.2 Å². The standard InChI is InChI=1S/C10H11F3N2/c11-10(12,13)7-1-2-15-9(5-7)6-3-8(14)4-6/h1-2,5-6,8H,3-4,14H2. The normalized spacial score (nSPS) is 26.1. The first-order chi connectivity index (χ1) is 6.97. The quantitative estimate of drug-likeness (QED) is 0.782. The average molecular weight is 216 g/mol. The molecule has 0 radical (unpaired) electrons. The van der Waals surface area contributed by atoms with E-state index < -0.39 is 11.7 Å². The summed E-state index contributed by atoms with van der Waals surface area (Å²) in [4.78, 5) is 3.95. The summed E-state index contributed by atoms with van der Waals surface area (Å²) in [5.74, 6) is 0.0994. The van der Waals surface area contributed by atoms with Gasteiger partial charge in [0.15, 0.2) is 0 Å². The zero-order chi connectivity index (χ0) is 11.1. The molecule has 1 heterocycles. The summed E-state index contributed by atoms with van der Waals surface area (Å²) in [6, 6.07) is 2.23. The van der Waals surface area contributed by atoms with Gasteiger partial charge in [0.2, 0.25) is 0 Å². The molecule has 0 aliphatic heterocycles. The van der Waals surface area contributed by atoms with E-state index in [4.69, 9.17) is 5.73 Å². The van der Waals surface area contributed by atoms with Crippen LogP contribution in [0, 0.1) is 0 Å². The fraction of sp³-hybridized carbons (Fsp3) is 0.500. The summed E-state index contributed by atoms with van der Waals surface area (Å²) < 4.78 is 37.1. The lowest BCUT2D eigenvalue weighted by Gasteiger charge is -2.32. The molecule has 1 saturated carbocycles. The van der Waals surface area contributed by atoms with E-state index in [0.29, 0.717) is 5.69 Å². The molecule has 1 aromatic rings. The molecule has 0 amide bonds. The van der Waals surface area contributed by atoms with Crippen LogP contribution in [0.25, 0.3) is 0 Å². The van der Waals surface area contributed by atoms with Crippen molar-refractivity contribution in [3.05, 3.63) is 29.6 Å². The Bertz CT molecular complexity index is 356. The van der Waals surface area contributed by atoms with Crippen LogP contribution in [-0.2, 0) is 6.18 Å².